The topological polar surface area (TPSA) is 29.1 Å². The molecule has 66 valence electrons. The molecule has 0 aromatic carbocycles. The predicted octanol–water partition coefficient (Wildman–Crippen LogP) is 1.95. The Kier molecular flexibility index (Phi) is 5.90. The number of nitrogens with one attached hydrogen (secondary N) is 1. The van der Waals surface area contributed by atoms with Gasteiger partial charge in [0.25, 0.3) is 0 Å². The highest BCUT2D eigenvalue weighted by Gasteiger charge is 2.13. The molecule has 0 saturated carbocycles. The van der Waals surface area contributed by atoms with Gasteiger partial charge in [0.2, 0.25) is 5.91 Å². The molecule has 0 spiro atoms. The van der Waals surface area contributed by atoms with Crippen LogP contribution in [0.2, 0.25) is 0 Å². The van der Waals surface area contributed by atoms with Gasteiger partial charge >= 0.3 is 0 Å². The van der Waals surface area contributed by atoms with Crippen molar-refractivity contribution >= 4 is 5.91 Å². The SMILES string of the molecule is CCC[C@@H](CC)C(=O)NCC. The van der Waals surface area contributed by atoms with Crippen molar-refractivity contribution < 1.29 is 4.79 Å². The molecule has 2 heteroatoms. The van der Waals surface area contributed by atoms with E-state index in [1.165, 1.54) is 0 Å². The van der Waals surface area contributed by atoms with Crippen LogP contribution in [-0.2, 0) is 4.79 Å². The molecule has 0 aromatic heterocycles. The van der Waals surface area contributed by atoms with Crippen LogP contribution in [-0.4, -0.2) is 12.5 Å². The average Bonchev–Trinajstić information content (AvgIpc) is 2.00. The second-order valence-corrected chi connectivity index (χ2v) is 2.79. The van der Waals surface area contributed by atoms with Crippen molar-refractivity contribution in [2.24, 2.45) is 5.92 Å². The molecule has 0 unspecified atom stereocenters. The molecule has 0 aromatic rings. The fourth-order valence-corrected chi connectivity index (χ4v) is 1.19. The molecule has 1 N–H and O–H groups in total. The summed E-state index contributed by atoms with van der Waals surface area (Å²) >= 11 is 0. The van der Waals surface area contributed by atoms with Gasteiger partial charge in [-0.1, -0.05) is 20.3 Å². The van der Waals surface area contributed by atoms with Gasteiger partial charge in [0.15, 0.2) is 0 Å². The molecular weight excluding hydrogens is 138 g/mol. The standard InChI is InChI=1S/C9H19NO/c1-4-7-8(5-2)9(11)10-6-3/h8H,4-7H2,1-3H3,(H,10,11)/t8-/m1/s1. The molecule has 0 rings (SSSR count). The van der Waals surface area contributed by atoms with Crippen molar-refractivity contribution in [1.82, 2.24) is 5.32 Å². The van der Waals surface area contributed by atoms with E-state index in [4.69, 9.17) is 0 Å². The molecule has 0 aliphatic rings. The van der Waals surface area contributed by atoms with E-state index in [0.717, 1.165) is 25.8 Å². The van der Waals surface area contributed by atoms with Gasteiger partial charge < -0.3 is 5.32 Å². The second-order valence-electron chi connectivity index (χ2n) is 2.79. The molecule has 0 aliphatic carbocycles. The largest absolute Gasteiger partial charge is 0.356 e. The lowest BCUT2D eigenvalue weighted by Gasteiger charge is -2.12. The lowest BCUT2D eigenvalue weighted by molar-refractivity contribution is -0.125. The fraction of sp³-hybridized carbons (Fsp3) is 0.889. The Morgan fingerprint density at radius 1 is 1.36 bits per heavy atom. The molecule has 0 aliphatic heterocycles. The Morgan fingerprint density at radius 2 is 2.00 bits per heavy atom. The fourth-order valence-electron chi connectivity index (χ4n) is 1.19. The first-order valence-corrected chi connectivity index (χ1v) is 4.53. The lowest BCUT2D eigenvalue weighted by atomic mass is 10.00. The minimum absolute atomic E-state index is 0.219. The predicted molar refractivity (Wildman–Crippen MR) is 47.4 cm³/mol. The molecule has 1 amide bonds. The van der Waals surface area contributed by atoms with Crippen molar-refractivity contribution in [3.05, 3.63) is 0 Å². The number of carbonyl (C=O) groups excluding carboxylic acids is 1. The maximum Gasteiger partial charge on any atom is 0.223 e. The van der Waals surface area contributed by atoms with E-state index >= 15 is 0 Å². The van der Waals surface area contributed by atoms with E-state index in [0.29, 0.717) is 0 Å². The zero-order valence-electron chi connectivity index (χ0n) is 7.81. The Morgan fingerprint density at radius 3 is 2.36 bits per heavy atom. The molecular formula is C9H19NO. The highest BCUT2D eigenvalue weighted by molar-refractivity contribution is 5.78. The summed E-state index contributed by atoms with van der Waals surface area (Å²) in [6, 6.07) is 0. The van der Waals surface area contributed by atoms with Crippen molar-refractivity contribution in [3.63, 3.8) is 0 Å². The van der Waals surface area contributed by atoms with E-state index in [1.54, 1.807) is 0 Å². The van der Waals surface area contributed by atoms with Crippen LogP contribution >= 0.6 is 0 Å². The number of amides is 1. The molecule has 0 saturated heterocycles. The van der Waals surface area contributed by atoms with Gasteiger partial charge in [-0.3, -0.25) is 4.79 Å². The zero-order chi connectivity index (χ0) is 8.69. The van der Waals surface area contributed by atoms with Gasteiger partial charge in [-0.15, -0.1) is 0 Å². The van der Waals surface area contributed by atoms with Crippen LogP contribution in [0.1, 0.15) is 40.0 Å². The molecule has 0 radical (unpaired) electrons. The summed E-state index contributed by atoms with van der Waals surface area (Å²) in [6.07, 6.45) is 3.07. The van der Waals surface area contributed by atoms with Crippen molar-refractivity contribution in [2.45, 2.75) is 40.0 Å². The molecule has 1 atom stereocenters. The Labute approximate surface area is 69.4 Å². The molecule has 0 fully saturated rings. The third-order valence-electron chi connectivity index (χ3n) is 1.85. The van der Waals surface area contributed by atoms with Gasteiger partial charge in [0.05, 0.1) is 0 Å². The summed E-state index contributed by atoms with van der Waals surface area (Å²) in [7, 11) is 0. The van der Waals surface area contributed by atoms with Crippen LogP contribution < -0.4 is 5.32 Å². The summed E-state index contributed by atoms with van der Waals surface area (Å²) in [5.41, 5.74) is 0. The first kappa shape index (κ1) is 10.5. The highest BCUT2D eigenvalue weighted by Crippen LogP contribution is 2.09. The Bertz CT molecular complexity index is 112. The van der Waals surface area contributed by atoms with E-state index in [-0.39, 0.29) is 11.8 Å². The minimum Gasteiger partial charge on any atom is -0.356 e. The molecule has 0 heterocycles. The maximum atomic E-state index is 11.3. The lowest BCUT2D eigenvalue weighted by Crippen LogP contribution is -2.29. The van der Waals surface area contributed by atoms with Crippen LogP contribution in [0.15, 0.2) is 0 Å². The van der Waals surface area contributed by atoms with Crippen LogP contribution in [0, 0.1) is 5.92 Å². The third kappa shape index (κ3) is 4.02. The first-order valence-electron chi connectivity index (χ1n) is 4.53. The van der Waals surface area contributed by atoms with E-state index in [1.807, 2.05) is 6.92 Å². The normalized spacial score (nSPS) is 12.6. The first-order chi connectivity index (χ1) is 5.26. The summed E-state index contributed by atoms with van der Waals surface area (Å²) in [5, 5.41) is 2.84. The highest BCUT2D eigenvalue weighted by atomic mass is 16.1. The second kappa shape index (κ2) is 6.20. The zero-order valence-corrected chi connectivity index (χ0v) is 7.81. The summed E-state index contributed by atoms with van der Waals surface area (Å²) in [5.74, 6) is 0.455. The Balaban J connectivity index is 3.71. The Hall–Kier alpha value is -0.530. The van der Waals surface area contributed by atoms with Crippen LogP contribution in [0.25, 0.3) is 0 Å². The van der Waals surface area contributed by atoms with Crippen molar-refractivity contribution in [3.8, 4) is 0 Å². The third-order valence-corrected chi connectivity index (χ3v) is 1.85. The quantitative estimate of drug-likeness (QED) is 0.649. The summed E-state index contributed by atoms with van der Waals surface area (Å²) < 4.78 is 0. The van der Waals surface area contributed by atoms with Gasteiger partial charge in [0, 0.05) is 12.5 Å². The van der Waals surface area contributed by atoms with Crippen molar-refractivity contribution in [1.29, 1.82) is 0 Å². The van der Waals surface area contributed by atoms with Crippen LogP contribution in [0.4, 0.5) is 0 Å². The van der Waals surface area contributed by atoms with Crippen LogP contribution in [0.5, 0.6) is 0 Å². The average molecular weight is 157 g/mol. The van der Waals surface area contributed by atoms with Gasteiger partial charge in [0.1, 0.15) is 0 Å². The summed E-state index contributed by atoms with van der Waals surface area (Å²) in [6.45, 7) is 6.88. The van der Waals surface area contributed by atoms with Crippen molar-refractivity contribution in [2.75, 3.05) is 6.54 Å². The number of carbonyl (C=O) groups is 1. The smallest absolute Gasteiger partial charge is 0.223 e. The van der Waals surface area contributed by atoms with E-state index in [2.05, 4.69) is 19.2 Å². The minimum atomic E-state index is 0.219. The van der Waals surface area contributed by atoms with E-state index < -0.39 is 0 Å². The van der Waals surface area contributed by atoms with E-state index in [9.17, 15) is 4.79 Å². The number of hydrogen-bond donors (Lipinski definition) is 1. The summed E-state index contributed by atoms with van der Waals surface area (Å²) in [4.78, 5) is 11.3. The molecule has 2 nitrogen and oxygen atoms in total. The van der Waals surface area contributed by atoms with Gasteiger partial charge in [-0.25, -0.2) is 0 Å². The monoisotopic (exact) mass is 157 g/mol. The van der Waals surface area contributed by atoms with Gasteiger partial charge in [-0.05, 0) is 19.8 Å². The molecule has 0 bridgehead atoms. The number of rotatable bonds is 5. The number of hydrogen-bond acceptors (Lipinski definition) is 1. The molecule has 11 heavy (non-hydrogen) atoms. The van der Waals surface area contributed by atoms with Gasteiger partial charge in [-0.2, -0.15) is 0 Å². The van der Waals surface area contributed by atoms with Crippen LogP contribution in [0.3, 0.4) is 0 Å². The maximum absolute atomic E-state index is 11.3.